The number of nitrogens with zero attached hydrogens (tertiary/aromatic N) is 5. The molecule has 0 atom stereocenters. The number of H-pyrrole nitrogens is 1. The van der Waals surface area contributed by atoms with Crippen LogP contribution in [0.4, 0.5) is 14.9 Å². The number of rotatable bonds is 4. The zero-order valence-electron chi connectivity index (χ0n) is 17.1. The van der Waals surface area contributed by atoms with E-state index in [1.54, 1.807) is 48.5 Å². The van der Waals surface area contributed by atoms with Crippen molar-refractivity contribution in [3.05, 3.63) is 100 Å². The van der Waals surface area contributed by atoms with Crippen molar-refractivity contribution in [2.75, 3.05) is 5.32 Å². The molecule has 0 spiro atoms. The van der Waals surface area contributed by atoms with E-state index < -0.39 is 6.03 Å². The molecular formula is C23H16FN7O2. The normalized spacial score (nSPS) is 10.9. The molecule has 33 heavy (non-hydrogen) atoms. The fraction of sp³-hybridized carbons (Fsp3) is 0.0435. The molecule has 0 aliphatic rings. The Bertz CT molecular complexity index is 1510. The fourth-order valence-electron chi connectivity index (χ4n) is 3.57. The summed E-state index contributed by atoms with van der Waals surface area (Å²) < 4.78 is 15.6. The highest BCUT2D eigenvalue weighted by molar-refractivity contribution is 5.90. The zero-order valence-corrected chi connectivity index (χ0v) is 17.1. The Kier molecular flexibility index (Phi) is 5.15. The summed E-state index contributed by atoms with van der Waals surface area (Å²) in [4.78, 5) is 24.1. The largest absolute Gasteiger partial charge is 0.349 e. The molecule has 2 heterocycles. The number of tetrazole rings is 1. The van der Waals surface area contributed by atoms with E-state index in [0.717, 1.165) is 15.6 Å². The highest BCUT2D eigenvalue weighted by Gasteiger charge is 2.11. The Morgan fingerprint density at radius 3 is 2.58 bits per heavy atom. The minimum Gasteiger partial charge on any atom is -0.306 e. The van der Waals surface area contributed by atoms with Gasteiger partial charge in [0.1, 0.15) is 12.1 Å². The minimum atomic E-state index is -0.512. The lowest BCUT2D eigenvalue weighted by Gasteiger charge is -2.10. The van der Waals surface area contributed by atoms with Crippen LogP contribution in [-0.2, 0) is 6.42 Å². The second-order valence-electron chi connectivity index (χ2n) is 7.30. The number of aromatic nitrogens is 6. The first-order valence-electron chi connectivity index (χ1n) is 9.98. The molecule has 0 aliphatic heterocycles. The van der Waals surface area contributed by atoms with Gasteiger partial charge in [0, 0.05) is 23.1 Å². The van der Waals surface area contributed by atoms with Crippen molar-refractivity contribution in [2.45, 2.75) is 6.42 Å². The number of fused-ring (bicyclic) bond motifs is 1. The van der Waals surface area contributed by atoms with Crippen molar-refractivity contribution in [1.82, 2.24) is 30.4 Å². The van der Waals surface area contributed by atoms with Crippen molar-refractivity contribution in [3.8, 4) is 11.1 Å². The van der Waals surface area contributed by atoms with Crippen LogP contribution >= 0.6 is 0 Å². The Morgan fingerprint density at radius 2 is 1.82 bits per heavy atom. The Morgan fingerprint density at radius 1 is 1.03 bits per heavy atom. The molecule has 1 amide bonds. The van der Waals surface area contributed by atoms with Gasteiger partial charge in [-0.15, -0.1) is 9.78 Å². The first-order valence-corrected chi connectivity index (χ1v) is 9.98. The van der Waals surface area contributed by atoms with Crippen LogP contribution in [0.15, 0.2) is 77.9 Å². The summed E-state index contributed by atoms with van der Waals surface area (Å²) in [6.45, 7) is 0. The molecule has 2 aromatic heterocycles. The number of benzene rings is 3. The third kappa shape index (κ3) is 4.09. The molecule has 162 valence electrons. The third-order valence-corrected chi connectivity index (χ3v) is 5.18. The summed E-state index contributed by atoms with van der Waals surface area (Å²) in [5, 5.41) is 21.1. The number of nitrogens with one attached hydrogen (secondary N) is 2. The third-order valence-electron chi connectivity index (χ3n) is 5.18. The van der Waals surface area contributed by atoms with Gasteiger partial charge < -0.3 is 5.32 Å². The molecule has 5 rings (SSSR count). The average Bonchev–Trinajstić information content (AvgIpc) is 3.38. The van der Waals surface area contributed by atoms with Crippen molar-refractivity contribution >= 4 is 22.5 Å². The van der Waals surface area contributed by atoms with Gasteiger partial charge in [-0.1, -0.05) is 36.4 Å². The van der Waals surface area contributed by atoms with E-state index in [-0.39, 0.29) is 11.4 Å². The van der Waals surface area contributed by atoms with Gasteiger partial charge in [0.15, 0.2) is 0 Å². The molecule has 0 saturated carbocycles. The smallest absolute Gasteiger partial charge is 0.306 e. The predicted molar refractivity (Wildman–Crippen MR) is 119 cm³/mol. The van der Waals surface area contributed by atoms with Gasteiger partial charge in [-0.05, 0) is 51.9 Å². The van der Waals surface area contributed by atoms with Gasteiger partial charge >= 0.3 is 6.03 Å². The van der Waals surface area contributed by atoms with Crippen LogP contribution in [0.3, 0.4) is 0 Å². The number of aromatic amines is 1. The molecule has 0 radical (unpaired) electrons. The highest BCUT2D eigenvalue weighted by atomic mass is 19.1. The van der Waals surface area contributed by atoms with E-state index in [2.05, 4.69) is 31.0 Å². The van der Waals surface area contributed by atoms with Gasteiger partial charge in [0.05, 0.1) is 11.1 Å². The molecule has 0 fully saturated rings. The number of anilines is 1. The van der Waals surface area contributed by atoms with E-state index in [0.29, 0.717) is 34.3 Å². The van der Waals surface area contributed by atoms with Crippen LogP contribution in [0.5, 0.6) is 0 Å². The quantitative estimate of drug-likeness (QED) is 0.413. The van der Waals surface area contributed by atoms with Crippen molar-refractivity contribution in [2.24, 2.45) is 0 Å². The van der Waals surface area contributed by atoms with E-state index >= 15 is 0 Å². The van der Waals surface area contributed by atoms with Gasteiger partial charge in [0.2, 0.25) is 0 Å². The molecule has 3 aromatic carbocycles. The molecular weight excluding hydrogens is 425 g/mol. The summed E-state index contributed by atoms with van der Waals surface area (Å²) in [7, 11) is 0. The van der Waals surface area contributed by atoms with E-state index in [1.165, 1.54) is 12.4 Å². The molecule has 0 bridgehead atoms. The van der Waals surface area contributed by atoms with Crippen LogP contribution in [0.2, 0.25) is 0 Å². The van der Waals surface area contributed by atoms with E-state index in [9.17, 15) is 14.0 Å². The lowest BCUT2D eigenvalue weighted by molar-refractivity contribution is 0.250. The maximum absolute atomic E-state index is 14.6. The van der Waals surface area contributed by atoms with Crippen LogP contribution in [0, 0.1) is 5.82 Å². The lowest BCUT2D eigenvalue weighted by atomic mass is 9.98. The molecule has 10 heteroatoms. The number of hydrogen-bond acceptors (Lipinski definition) is 6. The van der Waals surface area contributed by atoms with Crippen molar-refractivity contribution in [3.63, 3.8) is 0 Å². The number of carbonyl (C=O) groups excluding carboxylic acids is 1. The molecule has 0 unspecified atom stereocenters. The van der Waals surface area contributed by atoms with Gasteiger partial charge in [-0.25, -0.2) is 14.3 Å². The second-order valence-corrected chi connectivity index (χ2v) is 7.30. The summed E-state index contributed by atoms with van der Waals surface area (Å²) in [5.74, 6) is -0.372. The van der Waals surface area contributed by atoms with Crippen LogP contribution in [0.1, 0.15) is 11.3 Å². The molecule has 0 aliphatic carbocycles. The molecule has 9 nitrogen and oxygen atoms in total. The maximum atomic E-state index is 14.6. The molecule has 5 aromatic rings. The maximum Gasteiger partial charge on any atom is 0.349 e. The lowest BCUT2D eigenvalue weighted by Crippen LogP contribution is -2.19. The number of carbonyl (C=O) groups is 1. The number of halogens is 1. The number of hydrogen-bond donors (Lipinski definition) is 2. The van der Waals surface area contributed by atoms with Crippen LogP contribution < -0.4 is 10.9 Å². The Hall–Kier alpha value is -4.73. The SMILES string of the molecule is O=C(Nc1ccc(-c2cc(Cc3n[nH]c(=O)c4ccccc34)ccc2F)cc1)n1cnnn1. The molecule has 0 saturated heterocycles. The topological polar surface area (TPSA) is 118 Å². The second kappa shape index (κ2) is 8.42. The van der Waals surface area contributed by atoms with Gasteiger partial charge in [-0.3, -0.25) is 4.79 Å². The Labute approximate surface area is 185 Å². The van der Waals surface area contributed by atoms with Crippen molar-refractivity contribution < 1.29 is 9.18 Å². The van der Waals surface area contributed by atoms with Gasteiger partial charge in [-0.2, -0.15) is 5.10 Å². The summed E-state index contributed by atoms with van der Waals surface area (Å²) >= 11 is 0. The van der Waals surface area contributed by atoms with Gasteiger partial charge in [0.25, 0.3) is 5.56 Å². The standard InChI is InChI=1S/C23H16FN7O2/c24-20-10-5-14(12-21-17-3-1-2-4-18(17)22(32)28-27-21)11-19(20)15-6-8-16(9-7-15)26-23(33)31-13-25-29-30-31/h1-11,13H,12H2,(H,26,33)(H,28,32). The predicted octanol–water partition coefficient (Wildman–Crippen LogP) is 3.39. The summed E-state index contributed by atoms with van der Waals surface area (Å²) in [5.41, 5.74) is 2.87. The summed E-state index contributed by atoms with van der Waals surface area (Å²) in [6, 6.07) is 18.3. The van der Waals surface area contributed by atoms with E-state index in [4.69, 9.17) is 0 Å². The first kappa shape index (κ1) is 20.2. The average molecular weight is 441 g/mol. The fourth-order valence-corrected chi connectivity index (χ4v) is 3.57. The monoisotopic (exact) mass is 441 g/mol. The zero-order chi connectivity index (χ0) is 22.8. The summed E-state index contributed by atoms with van der Waals surface area (Å²) in [6.07, 6.45) is 1.61. The minimum absolute atomic E-state index is 0.249. The van der Waals surface area contributed by atoms with Crippen molar-refractivity contribution in [1.29, 1.82) is 0 Å². The molecule has 2 N–H and O–H groups in total. The van der Waals surface area contributed by atoms with Crippen LogP contribution in [0.25, 0.3) is 21.9 Å². The Balaban J connectivity index is 1.41. The van der Waals surface area contributed by atoms with Crippen LogP contribution in [-0.4, -0.2) is 36.4 Å². The highest BCUT2D eigenvalue weighted by Crippen LogP contribution is 2.27. The van der Waals surface area contributed by atoms with E-state index in [1.807, 2.05) is 12.1 Å². The first-order chi connectivity index (χ1) is 16.1. The number of amides is 1.